The van der Waals surface area contributed by atoms with Crippen LogP contribution in [0.5, 0.6) is 0 Å². The Morgan fingerprint density at radius 2 is 1.79 bits per heavy atom. The molecular weight excluding hydrogens is 348 g/mol. The van der Waals surface area contributed by atoms with E-state index in [4.69, 9.17) is 0 Å². The Morgan fingerprint density at radius 3 is 2.57 bits per heavy atom. The van der Waals surface area contributed by atoms with Crippen LogP contribution in [-0.4, -0.2) is 11.8 Å². The number of hydrogen-bond acceptors (Lipinski definition) is 2. The van der Waals surface area contributed by atoms with E-state index in [9.17, 15) is 9.59 Å². The number of amides is 2. The van der Waals surface area contributed by atoms with Crippen LogP contribution in [0.25, 0.3) is 0 Å². The van der Waals surface area contributed by atoms with Gasteiger partial charge in [-0.05, 0) is 54.8 Å². The zero-order valence-corrected chi connectivity index (χ0v) is 15.8. The molecule has 4 heteroatoms. The van der Waals surface area contributed by atoms with Crippen molar-refractivity contribution in [1.82, 2.24) is 0 Å². The van der Waals surface area contributed by atoms with Crippen LogP contribution in [0.1, 0.15) is 33.5 Å². The first-order valence-corrected chi connectivity index (χ1v) is 9.45. The van der Waals surface area contributed by atoms with Gasteiger partial charge in [-0.3, -0.25) is 9.59 Å². The Labute approximate surface area is 164 Å². The van der Waals surface area contributed by atoms with Crippen molar-refractivity contribution in [2.75, 3.05) is 10.2 Å². The zero-order valence-electron chi connectivity index (χ0n) is 15.8. The molecular formula is C24H22N2O2. The summed E-state index contributed by atoms with van der Waals surface area (Å²) in [7, 11) is 0. The molecule has 3 aromatic rings. The topological polar surface area (TPSA) is 49.4 Å². The van der Waals surface area contributed by atoms with Gasteiger partial charge >= 0.3 is 0 Å². The van der Waals surface area contributed by atoms with Crippen molar-refractivity contribution in [3.05, 3.63) is 95.1 Å². The fourth-order valence-electron chi connectivity index (χ4n) is 3.57. The highest BCUT2D eigenvalue weighted by atomic mass is 16.2. The van der Waals surface area contributed by atoms with E-state index >= 15 is 0 Å². The number of carbonyl (C=O) groups is 2. The monoisotopic (exact) mass is 370 g/mol. The van der Waals surface area contributed by atoms with Crippen LogP contribution in [-0.2, 0) is 17.8 Å². The molecule has 2 amide bonds. The molecule has 0 spiro atoms. The first-order chi connectivity index (χ1) is 13.6. The summed E-state index contributed by atoms with van der Waals surface area (Å²) in [5.74, 6) is 0.00424. The van der Waals surface area contributed by atoms with Gasteiger partial charge in [0.15, 0.2) is 0 Å². The van der Waals surface area contributed by atoms with E-state index in [2.05, 4.69) is 5.32 Å². The number of nitrogens with one attached hydrogen (secondary N) is 1. The van der Waals surface area contributed by atoms with Crippen LogP contribution in [0.4, 0.5) is 11.4 Å². The van der Waals surface area contributed by atoms with Crippen molar-refractivity contribution < 1.29 is 9.59 Å². The standard InChI is InChI=1S/C24H22N2O2/c1-17-6-5-9-20(14-17)24(28)25-21-11-12-22-19(15-21)10-13-23(27)26(22)16-18-7-3-2-4-8-18/h2-9,11-12,14-15H,10,13,16H2,1H3,(H,25,28). The summed E-state index contributed by atoms with van der Waals surface area (Å²) in [6.07, 6.45) is 1.17. The Kier molecular flexibility index (Phi) is 4.94. The predicted octanol–water partition coefficient (Wildman–Crippen LogP) is 4.73. The molecule has 4 rings (SSSR count). The molecule has 0 bridgehead atoms. The molecule has 3 aromatic carbocycles. The van der Waals surface area contributed by atoms with E-state index in [1.165, 1.54) is 0 Å². The van der Waals surface area contributed by atoms with Gasteiger partial charge in [0, 0.05) is 23.4 Å². The van der Waals surface area contributed by atoms with Crippen LogP contribution in [0.2, 0.25) is 0 Å². The molecule has 0 saturated carbocycles. The van der Waals surface area contributed by atoms with Gasteiger partial charge in [0.2, 0.25) is 5.91 Å². The molecule has 0 aliphatic carbocycles. The summed E-state index contributed by atoms with van der Waals surface area (Å²) in [5, 5.41) is 2.97. The molecule has 0 atom stereocenters. The minimum atomic E-state index is -0.128. The molecule has 0 saturated heterocycles. The molecule has 4 nitrogen and oxygen atoms in total. The summed E-state index contributed by atoms with van der Waals surface area (Å²) in [5.41, 5.74) is 5.54. The predicted molar refractivity (Wildman–Crippen MR) is 112 cm³/mol. The van der Waals surface area contributed by atoms with Crippen LogP contribution in [0.15, 0.2) is 72.8 Å². The lowest BCUT2D eigenvalue weighted by atomic mass is 9.99. The molecule has 1 N–H and O–H groups in total. The molecule has 1 heterocycles. The second-order valence-corrected chi connectivity index (χ2v) is 7.13. The minimum absolute atomic E-state index is 0.128. The normalized spacial score (nSPS) is 13.2. The quantitative estimate of drug-likeness (QED) is 0.722. The Hall–Kier alpha value is -3.40. The first-order valence-electron chi connectivity index (χ1n) is 9.45. The van der Waals surface area contributed by atoms with Gasteiger partial charge in [0.1, 0.15) is 0 Å². The zero-order chi connectivity index (χ0) is 19.5. The van der Waals surface area contributed by atoms with Gasteiger partial charge in [0.05, 0.1) is 6.54 Å². The summed E-state index contributed by atoms with van der Waals surface area (Å²) in [6.45, 7) is 2.52. The SMILES string of the molecule is Cc1cccc(C(=O)Nc2ccc3c(c2)CCC(=O)N3Cc2ccccc2)c1. The molecule has 0 unspecified atom stereocenters. The second kappa shape index (κ2) is 7.69. The third-order valence-corrected chi connectivity index (χ3v) is 5.00. The Bertz CT molecular complexity index is 1030. The van der Waals surface area contributed by atoms with E-state index in [-0.39, 0.29) is 11.8 Å². The van der Waals surface area contributed by atoms with Crippen LogP contribution in [0.3, 0.4) is 0 Å². The summed E-state index contributed by atoms with van der Waals surface area (Å²) in [4.78, 5) is 26.8. The number of carbonyl (C=O) groups excluding carboxylic acids is 2. The molecule has 0 aromatic heterocycles. The van der Waals surface area contributed by atoms with Crippen molar-refractivity contribution in [2.24, 2.45) is 0 Å². The fourth-order valence-corrected chi connectivity index (χ4v) is 3.57. The van der Waals surface area contributed by atoms with Gasteiger partial charge in [-0.15, -0.1) is 0 Å². The van der Waals surface area contributed by atoms with Gasteiger partial charge in [-0.2, -0.15) is 0 Å². The largest absolute Gasteiger partial charge is 0.322 e. The van der Waals surface area contributed by atoms with Gasteiger partial charge in [-0.25, -0.2) is 0 Å². The number of fused-ring (bicyclic) bond motifs is 1. The average Bonchev–Trinajstić information content (AvgIpc) is 2.71. The minimum Gasteiger partial charge on any atom is -0.322 e. The van der Waals surface area contributed by atoms with Crippen molar-refractivity contribution in [2.45, 2.75) is 26.3 Å². The van der Waals surface area contributed by atoms with Crippen molar-refractivity contribution >= 4 is 23.2 Å². The highest BCUT2D eigenvalue weighted by Crippen LogP contribution is 2.31. The molecule has 1 aliphatic rings. The first kappa shape index (κ1) is 18.0. The molecule has 140 valence electrons. The van der Waals surface area contributed by atoms with E-state index in [1.54, 1.807) is 6.07 Å². The lowest BCUT2D eigenvalue weighted by Gasteiger charge is -2.30. The highest BCUT2D eigenvalue weighted by molar-refractivity contribution is 6.05. The number of hydrogen-bond donors (Lipinski definition) is 1. The Morgan fingerprint density at radius 1 is 0.964 bits per heavy atom. The number of rotatable bonds is 4. The molecule has 0 radical (unpaired) electrons. The van der Waals surface area contributed by atoms with Crippen LogP contribution >= 0.6 is 0 Å². The smallest absolute Gasteiger partial charge is 0.255 e. The third kappa shape index (κ3) is 3.81. The van der Waals surface area contributed by atoms with Crippen molar-refractivity contribution in [3.63, 3.8) is 0 Å². The third-order valence-electron chi connectivity index (χ3n) is 5.00. The van der Waals surface area contributed by atoms with Gasteiger partial charge < -0.3 is 10.2 Å². The summed E-state index contributed by atoms with van der Waals surface area (Å²) < 4.78 is 0. The van der Waals surface area contributed by atoms with Crippen molar-refractivity contribution in [3.8, 4) is 0 Å². The van der Waals surface area contributed by atoms with Gasteiger partial charge in [0.25, 0.3) is 5.91 Å². The lowest BCUT2D eigenvalue weighted by molar-refractivity contribution is -0.119. The van der Waals surface area contributed by atoms with Crippen LogP contribution < -0.4 is 10.2 Å². The average molecular weight is 370 g/mol. The molecule has 1 aliphatic heterocycles. The summed E-state index contributed by atoms with van der Waals surface area (Å²) >= 11 is 0. The van der Waals surface area contributed by atoms with E-state index in [0.29, 0.717) is 24.9 Å². The fraction of sp³-hybridized carbons (Fsp3) is 0.167. The number of nitrogens with zero attached hydrogens (tertiary/aromatic N) is 1. The van der Waals surface area contributed by atoms with E-state index in [1.807, 2.05) is 78.6 Å². The summed E-state index contributed by atoms with van der Waals surface area (Å²) in [6, 6.07) is 23.3. The van der Waals surface area contributed by atoms with Crippen molar-refractivity contribution in [1.29, 1.82) is 0 Å². The number of anilines is 2. The van der Waals surface area contributed by atoms with Gasteiger partial charge in [-0.1, -0.05) is 48.0 Å². The number of benzene rings is 3. The molecule has 0 fully saturated rings. The van der Waals surface area contributed by atoms with E-state index in [0.717, 1.165) is 28.1 Å². The highest BCUT2D eigenvalue weighted by Gasteiger charge is 2.24. The maximum Gasteiger partial charge on any atom is 0.255 e. The lowest BCUT2D eigenvalue weighted by Crippen LogP contribution is -2.34. The Balaban J connectivity index is 1.56. The molecule has 28 heavy (non-hydrogen) atoms. The second-order valence-electron chi connectivity index (χ2n) is 7.13. The number of aryl methyl sites for hydroxylation is 2. The maximum absolute atomic E-state index is 12.5. The maximum atomic E-state index is 12.5. The van der Waals surface area contributed by atoms with Crippen LogP contribution in [0, 0.1) is 6.92 Å². The van der Waals surface area contributed by atoms with E-state index < -0.39 is 0 Å².